The molecule has 178 valence electrons. The fourth-order valence-corrected chi connectivity index (χ4v) is 9.19. The van der Waals surface area contributed by atoms with Gasteiger partial charge in [-0.05, 0) is 73.2 Å². The zero-order chi connectivity index (χ0) is 24.2. The van der Waals surface area contributed by atoms with Crippen molar-refractivity contribution in [1.29, 1.82) is 5.26 Å². The second-order valence-corrected chi connectivity index (χ2v) is 13.4. The zero-order valence-corrected chi connectivity index (χ0v) is 21.1. The Kier molecular flexibility index (Phi) is 4.65. The maximum Gasteiger partial charge on any atom is 0.176 e. The Bertz CT molecular complexity index is 1050. The van der Waals surface area contributed by atoms with Crippen LogP contribution in [-0.4, -0.2) is 17.2 Å². The first-order valence-electron chi connectivity index (χ1n) is 12.9. The van der Waals surface area contributed by atoms with E-state index in [0.717, 1.165) is 31.3 Å². The number of carbonyl (C=O) groups is 2. The third-order valence-electron chi connectivity index (χ3n) is 11.4. The summed E-state index contributed by atoms with van der Waals surface area (Å²) >= 11 is 0. The highest BCUT2D eigenvalue weighted by atomic mass is 19.1. The molecule has 0 heterocycles. The monoisotopic (exact) mass is 451 g/mol. The Balaban J connectivity index is 1.68. The van der Waals surface area contributed by atoms with Crippen LogP contribution < -0.4 is 0 Å². The van der Waals surface area contributed by atoms with Crippen molar-refractivity contribution in [3.63, 3.8) is 0 Å². The second-order valence-electron chi connectivity index (χ2n) is 13.4. The quantitative estimate of drug-likeness (QED) is 0.420. The van der Waals surface area contributed by atoms with Gasteiger partial charge < -0.3 is 0 Å². The van der Waals surface area contributed by atoms with Gasteiger partial charge in [0.05, 0.1) is 5.57 Å². The van der Waals surface area contributed by atoms with Gasteiger partial charge in [0.15, 0.2) is 11.6 Å². The van der Waals surface area contributed by atoms with E-state index in [2.05, 4.69) is 40.7 Å². The number of nitriles is 1. The Labute approximate surface area is 197 Å². The molecule has 0 aromatic carbocycles. The lowest BCUT2D eigenvalue weighted by Crippen LogP contribution is -2.64. The Morgan fingerprint density at radius 1 is 1.00 bits per heavy atom. The molecule has 0 saturated heterocycles. The molecule has 0 bridgehead atoms. The van der Waals surface area contributed by atoms with E-state index in [4.69, 9.17) is 0 Å². The molecule has 3 fully saturated rings. The van der Waals surface area contributed by atoms with E-state index < -0.39 is 11.1 Å². The first-order chi connectivity index (χ1) is 15.2. The Hall–Kier alpha value is -1.76. The number of alkyl halides is 1. The van der Waals surface area contributed by atoms with Crippen LogP contribution in [-0.2, 0) is 9.59 Å². The van der Waals surface area contributed by atoms with Crippen LogP contribution in [0.5, 0.6) is 0 Å². The largest absolute Gasteiger partial charge is 0.295 e. The lowest BCUT2D eigenvalue weighted by molar-refractivity contribution is -0.173. The summed E-state index contributed by atoms with van der Waals surface area (Å²) in [5.41, 5.74) is -0.937. The summed E-state index contributed by atoms with van der Waals surface area (Å²) in [4.78, 5) is 26.7. The smallest absolute Gasteiger partial charge is 0.176 e. The molecule has 0 N–H and O–H groups in total. The first-order valence-corrected chi connectivity index (χ1v) is 12.9. The van der Waals surface area contributed by atoms with E-state index in [-0.39, 0.29) is 57.1 Å². The van der Waals surface area contributed by atoms with Crippen LogP contribution in [0.1, 0.15) is 86.5 Å². The minimum absolute atomic E-state index is 0.0525. The summed E-state index contributed by atoms with van der Waals surface area (Å²) in [5, 5.41) is 9.67. The van der Waals surface area contributed by atoms with Gasteiger partial charge in [0.1, 0.15) is 11.7 Å². The number of rotatable bonds is 0. The van der Waals surface area contributed by atoms with Gasteiger partial charge in [-0.25, -0.2) is 4.39 Å². The van der Waals surface area contributed by atoms with Crippen LogP contribution in [0.4, 0.5) is 4.39 Å². The second kappa shape index (κ2) is 6.67. The number of fused-ring (bicyclic) bond motifs is 7. The topological polar surface area (TPSA) is 57.9 Å². The minimum Gasteiger partial charge on any atom is -0.295 e. The molecule has 0 aromatic heterocycles. The number of ketones is 2. The van der Waals surface area contributed by atoms with Crippen LogP contribution in [0, 0.1) is 56.7 Å². The highest BCUT2D eigenvalue weighted by Gasteiger charge is 2.69. The lowest BCUT2D eigenvalue weighted by atomic mass is 9.36. The standard InChI is InChI=1S/C29H38FNO2/c1-17-19-7-8-27(5)22(26(19,4)14-18(16-31)24(17)33)13-21(32)23-20-15-25(2,3)9-11-29(20,30)12-10-28(23,27)6/h13-14,17,19-20,23H,7-12,15H2,1-6H3/t17-,19-,20?,23?,26-,27+,28+,29-/m0/s1. The van der Waals surface area contributed by atoms with Crippen molar-refractivity contribution >= 4 is 11.6 Å². The Morgan fingerprint density at radius 3 is 2.33 bits per heavy atom. The molecule has 0 aromatic rings. The van der Waals surface area contributed by atoms with Gasteiger partial charge >= 0.3 is 0 Å². The zero-order valence-electron chi connectivity index (χ0n) is 21.1. The molecular weight excluding hydrogens is 413 g/mol. The van der Waals surface area contributed by atoms with Crippen molar-refractivity contribution in [1.82, 2.24) is 0 Å². The first kappa shape index (κ1) is 23.0. The molecule has 0 aliphatic heterocycles. The van der Waals surface area contributed by atoms with Crippen LogP contribution in [0.3, 0.4) is 0 Å². The summed E-state index contributed by atoms with van der Waals surface area (Å²) in [6.07, 6.45) is 8.96. The number of allylic oxidation sites excluding steroid dienone is 4. The normalized spacial score (nSPS) is 50.6. The van der Waals surface area contributed by atoms with E-state index in [1.807, 2.05) is 19.1 Å². The highest BCUT2D eigenvalue weighted by molar-refractivity contribution is 6.02. The van der Waals surface area contributed by atoms with E-state index in [0.29, 0.717) is 19.3 Å². The molecule has 5 aliphatic rings. The average Bonchev–Trinajstić information content (AvgIpc) is 2.74. The minimum atomic E-state index is -1.24. The maximum atomic E-state index is 16.3. The van der Waals surface area contributed by atoms with Crippen LogP contribution in [0.15, 0.2) is 23.3 Å². The lowest BCUT2D eigenvalue weighted by Gasteiger charge is -2.67. The van der Waals surface area contributed by atoms with Crippen molar-refractivity contribution < 1.29 is 14.0 Å². The summed E-state index contributed by atoms with van der Waals surface area (Å²) < 4.78 is 16.3. The van der Waals surface area contributed by atoms with Gasteiger partial charge in [-0.2, -0.15) is 5.26 Å². The molecule has 0 amide bonds. The fourth-order valence-electron chi connectivity index (χ4n) is 9.19. The molecule has 4 heteroatoms. The number of carbonyl (C=O) groups excluding carboxylic acids is 2. The van der Waals surface area contributed by atoms with Crippen LogP contribution in [0.2, 0.25) is 0 Å². The van der Waals surface area contributed by atoms with Crippen molar-refractivity contribution in [2.75, 3.05) is 0 Å². The van der Waals surface area contributed by atoms with E-state index in [1.165, 1.54) is 0 Å². The molecule has 2 unspecified atom stereocenters. The fraction of sp³-hybridized carbons (Fsp3) is 0.759. The molecule has 0 radical (unpaired) electrons. The van der Waals surface area contributed by atoms with Gasteiger partial charge in [-0.3, -0.25) is 9.59 Å². The SMILES string of the molecule is C[C@@H]1C(=O)C(C#N)=C[C@]2(C)C3=CC(=O)C4C5CC(C)(C)CC[C@]5(F)CC[C@@]4(C)[C@]3(C)CC[C@@H]12. The molecule has 33 heavy (non-hydrogen) atoms. The molecule has 8 atom stereocenters. The molecule has 3 saturated carbocycles. The van der Waals surface area contributed by atoms with Crippen molar-refractivity contribution in [2.24, 2.45) is 45.3 Å². The van der Waals surface area contributed by atoms with Crippen LogP contribution >= 0.6 is 0 Å². The van der Waals surface area contributed by atoms with E-state index in [1.54, 1.807) is 0 Å². The van der Waals surface area contributed by atoms with Crippen molar-refractivity contribution in [3.8, 4) is 6.07 Å². The van der Waals surface area contributed by atoms with Crippen molar-refractivity contribution in [3.05, 3.63) is 23.3 Å². The Morgan fingerprint density at radius 2 is 1.67 bits per heavy atom. The summed E-state index contributed by atoms with van der Waals surface area (Å²) in [6, 6.07) is 2.13. The number of hydrogen-bond donors (Lipinski definition) is 0. The average molecular weight is 452 g/mol. The molecular formula is C29H38FNO2. The molecule has 0 spiro atoms. The van der Waals surface area contributed by atoms with Gasteiger partial charge in [0.25, 0.3) is 0 Å². The van der Waals surface area contributed by atoms with E-state index >= 15 is 4.39 Å². The highest BCUT2D eigenvalue weighted by Crippen LogP contribution is 2.72. The van der Waals surface area contributed by atoms with Crippen molar-refractivity contribution in [2.45, 2.75) is 92.2 Å². The molecule has 3 nitrogen and oxygen atoms in total. The number of Topliss-reactive ketones (excluding diaryl/α,β-unsaturated/α-hetero) is 1. The molecule has 5 aliphatic carbocycles. The predicted molar refractivity (Wildman–Crippen MR) is 126 cm³/mol. The number of halogens is 1. The number of hydrogen-bond acceptors (Lipinski definition) is 3. The summed E-state index contributed by atoms with van der Waals surface area (Å²) in [6.45, 7) is 13.0. The van der Waals surface area contributed by atoms with Gasteiger partial charge in [0.2, 0.25) is 0 Å². The summed E-state index contributed by atoms with van der Waals surface area (Å²) in [7, 11) is 0. The van der Waals surface area contributed by atoms with E-state index in [9.17, 15) is 14.9 Å². The van der Waals surface area contributed by atoms with Gasteiger partial charge in [-0.15, -0.1) is 0 Å². The molecule has 5 rings (SSSR count). The number of nitrogens with zero attached hydrogens (tertiary/aromatic N) is 1. The summed E-state index contributed by atoms with van der Waals surface area (Å²) in [5.74, 6) is -0.666. The maximum absolute atomic E-state index is 16.3. The third kappa shape index (κ3) is 2.77. The third-order valence-corrected chi connectivity index (χ3v) is 11.4. The predicted octanol–water partition coefficient (Wildman–Crippen LogP) is 6.54. The van der Waals surface area contributed by atoms with Gasteiger partial charge in [0, 0.05) is 23.2 Å². The van der Waals surface area contributed by atoms with Gasteiger partial charge in [-0.1, -0.05) is 53.2 Å². The van der Waals surface area contributed by atoms with Crippen LogP contribution in [0.25, 0.3) is 0 Å².